The summed E-state index contributed by atoms with van der Waals surface area (Å²) in [5.74, 6) is 0.366. The Hall–Kier alpha value is -1.75. The van der Waals surface area contributed by atoms with Gasteiger partial charge in [-0.1, -0.05) is 13.0 Å². The molecule has 0 saturated heterocycles. The molecule has 1 aromatic rings. The van der Waals surface area contributed by atoms with Gasteiger partial charge in [-0.3, -0.25) is 5.32 Å². The quantitative estimate of drug-likeness (QED) is 0.849. The minimum Gasteiger partial charge on any atom is -0.486 e. The van der Waals surface area contributed by atoms with Crippen molar-refractivity contribution in [3.8, 4) is 11.5 Å². The summed E-state index contributed by atoms with van der Waals surface area (Å²) in [4.78, 5) is 11.6. The molecule has 5 heteroatoms. The molecule has 1 unspecified atom stereocenters. The molecule has 0 spiro atoms. The number of carboxylic acid groups (broad SMARTS) is 1. The number of nitrogens with one attached hydrogen (secondary N) is 1. The van der Waals surface area contributed by atoms with E-state index in [0.29, 0.717) is 36.8 Å². The van der Waals surface area contributed by atoms with E-state index in [0.717, 1.165) is 6.42 Å². The van der Waals surface area contributed by atoms with E-state index < -0.39 is 11.5 Å². The Balaban J connectivity index is 2.34. The van der Waals surface area contributed by atoms with E-state index in [4.69, 9.17) is 9.47 Å². The molecule has 1 aromatic carbocycles. The monoisotopic (exact) mass is 265 g/mol. The molecule has 1 aliphatic heterocycles. The van der Waals surface area contributed by atoms with Crippen molar-refractivity contribution in [1.29, 1.82) is 0 Å². The van der Waals surface area contributed by atoms with Crippen molar-refractivity contribution in [3.63, 3.8) is 0 Å². The second kappa shape index (κ2) is 5.48. The second-order valence-electron chi connectivity index (χ2n) is 4.72. The van der Waals surface area contributed by atoms with Crippen LogP contribution in [0.4, 0.5) is 0 Å². The lowest BCUT2D eigenvalue weighted by molar-refractivity contribution is -0.144. The van der Waals surface area contributed by atoms with Gasteiger partial charge in [-0.2, -0.15) is 0 Å². The lowest BCUT2D eigenvalue weighted by Gasteiger charge is -2.28. The second-order valence-corrected chi connectivity index (χ2v) is 4.72. The third-order valence-electron chi connectivity index (χ3n) is 3.28. The number of benzene rings is 1. The molecule has 2 N–H and O–H groups in total. The van der Waals surface area contributed by atoms with Crippen LogP contribution in [0.1, 0.15) is 25.8 Å². The summed E-state index contributed by atoms with van der Waals surface area (Å²) in [5.41, 5.74) is -0.455. The number of ether oxygens (including phenoxy) is 2. The number of hydrogen-bond donors (Lipinski definition) is 2. The molecule has 0 saturated carbocycles. The molecule has 2 rings (SSSR count). The van der Waals surface area contributed by atoms with Crippen LogP contribution in [0, 0.1) is 0 Å². The van der Waals surface area contributed by atoms with Crippen LogP contribution < -0.4 is 14.8 Å². The van der Waals surface area contributed by atoms with Gasteiger partial charge in [0.15, 0.2) is 11.5 Å². The van der Waals surface area contributed by atoms with E-state index in [2.05, 4.69) is 5.32 Å². The molecule has 1 heterocycles. The Bertz CT molecular complexity index is 475. The SMILES string of the molecule is CCCNC(C)(C(=O)O)c1ccc2c(c1)OCCO2. The van der Waals surface area contributed by atoms with Crippen LogP contribution in [0.15, 0.2) is 18.2 Å². The average molecular weight is 265 g/mol. The fourth-order valence-corrected chi connectivity index (χ4v) is 2.03. The minimum absolute atomic E-state index is 0.489. The molecule has 1 aliphatic rings. The number of rotatable bonds is 5. The summed E-state index contributed by atoms with van der Waals surface area (Å²) in [6, 6.07) is 5.27. The summed E-state index contributed by atoms with van der Waals surface area (Å²) in [7, 11) is 0. The fraction of sp³-hybridized carbons (Fsp3) is 0.500. The van der Waals surface area contributed by atoms with Crippen LogP contribution in [0.25, 0.3) is 0 Å². The summed E-state index contributed by atoms with van der Waals surface area (Å²) in [6.45, 7) is 5.31. The Labute approximate surface area is 112 Å². The van der Waals surface area contributed by atoms with Crippen molar-refractivity contribution in [3.05, 3.63) is 23.8 Å². The van der Waals surface area contributed by atoms with Gasteiger partial charge in [0.1, 0.15) is 18.8 Å². The Kier molecular flexibility index (Phi) is 3.95. The lowest BCUT2D eigenvalue weighted by Crippen LogP contribution is -2.47. The Morgan fingerprint density at radius 1 is 1.37 bits per heavy atom. The van der Waals surface area contributed by atoms with Crippen molar-refractivity contribution in [2.24, 2.45) is 0 Å². The van der Waals surface area contributed by atoms with Crippen LogP contribution in [0.3, 0.4) is 0 Å². The molecule has 104 valence electrons. The smallest absolute Gasteiger partial charge is 0.328 e. The first kappa shape index (κ1) is 13.7. The zero-order chi connectivity index (χ0) is 13.9. The van der Waals surface area contributed by atoms with Crippen molar-refractivity contribution >= 4 is 5.97 Å². The maximum atomic E-state index is 11.6. The summed E-state index contributed by atoms with van der Waals surface area (Å²) in [5, 5.41) is 12.6. The topological polar surface area (TPSA) is 67.8 Å². The van der Waals surface area contributed by atoms with Gasteiger partial charge in [0, 0.05) is 0 Å². The Morgan fingerprint density at radius 2 is 2.05 bits per heavy atom. The number of hydrogen-bond acceptors (Lipinski definition) is 4. The fourth-order valence-electron chi connectivity index (χ4n) is 2.03. The number of carbonyl (C=O) groups is 1. The van der Waals surface area contributed by atoms with Gasteiger partial charge >= 0.3 is 5.97 Å². The van der Waals surface area contributed by atoms with Gasteiger partial charge < -0.3 is 14.6 Å². The van der Waals surface area contributed by atoms with Gasteiger partial charge in [-0.05, 0) is 37.6 Å². The maximum absolute atomic E-state index is 11.6. The van der Waals surface area contributed by atoms with Gasteiger partial charge in [-0.15, -0.1) is 0 Å². The third-order valence-corrected chi connectivity index (χ3v) is 3.28. The molecular formula is C14H19NO4. The third kappa shape index (κ3) is 2.66. The van der Waals surface area contributed by atoms with Gasteiger partial charge in [0.05, 0.1) is 0 Å². The van der Waals surface area contributed by atoms with Gasteiger partial charge in [0.25, 0.3) is 0 Å². The summed E-state index contributed by atoms with van der Waals surface area (Å²) in [6.07, 6.45) is 0.868. The highest BCUT2D eigenvalue weighted by Gasteiger charge is 2.35. The predicted molar refractivity (Wildman–Crippen MR) is 70.7 cm³/mol. The zero-order valence-electron chi connectivity index (χ0n) is 11.2. The summed E-state index contributed by atoms with van der Waals surface area (Å²) < 4.78 is 10.9. The first-order chi connectivity index (χ1) is 9.08. The molecule has 0 fully saturated rings. The lowest BCUT2D eigenvalue weighted by atomic mass is 9.91. The van der Waals surface area contributed by atoms with E-state index >= 15 is 0 Å². The highest BCUT2D eigenvalue weighted by atomic mass is 16.6. The van der Waals surface area contributed by atoms with E-state index in [1.54, 1.807) is 25.1 Å². The molecule has 0 aliphatic carbocycles. The van der Waals surface area contributed by atoms with Crippen LogP contribution in [-0.4, -0.2) is 30.8 Å². The number of carboxylic acids is 1. The number of fused-ring (bicyclic) bond motifs is 1. The zero-order valence-corrected chi connectivity index (χ0v) is 11.2. The highest BCUT2D eigenvalue weighted by molar-refractivity contribution is 5.80. The standard InChI is InChI=1S/C14H19NO4/c1-3-6-15-14(2,13(16)17)10-4-5-11-12(9-10)19-8-7-18-11/h4-5,9,15H,3,6-8H2,1-2H3,(H,16,17). The predicted octanol–water partition coefficient (Wildman–Crippen LogP) is 1.76. The number of aliphatic carboxylic acids is 1. The molecule has 5 nitrogen and oxygen atoms in total. The van der Waals surface area contributed by atoms with Gasteiger partial charge in [-0.25, -0.2) is 4.79 Å². The van der Waals surface area contributed by atoms with E-state index in [1.807, 2.05) is 6.92 Å². The highest BCUT2D eigenvalue weighted by Crippen LogP contribution is 2.34. The minimum atomic E-state index is -1.12. The Morgan fingerprint density at radius 3 is 2.68 bits per heavy atom. The molecule has 19 heavy (non-hydrogen) atoms. The van der Waals surface area contributed by atoms with Crippen LogP contribution in [0.2, 0.25) is 0 Å². The van der Waals surface area contributed by atoms with Crippen molar-refractivity contribution in [2.45, 2.75) is 25.8 Å². The van der Waals surface area contributed by atoms with E-state index in [9.17, 15) is 9.90 Å². The average Bonchev–Trinajstić information content (AvgIpc) is 2.44. The van der Waals surface area contributed by atoms with E-state index in [-0.39, 0.29) is 0 Å². The molecule has 0 amide bonds. The van der Waals surface area contributed by atoms with Crippen molar-refractivity contribution < 1.29 is 19.4 Å². The first-order valence-electron chi connectivity index (χ1n) is 6.46. The largest absolute Gasteiger partial charge is 0.486 e. The molecule has 1 atom stereocenters. The summed E-state index contributed by atoms with van der Waals surface area (Å²) >= 11 is 0. The molecular weight excluding hydrogens is 246 g/mol. The van der Waals surface area contributed by atoms with Crippen LogP contribution >= 0.6 is 0 Å². The van der Waals surface area contributed by atoms with Crippen LogP contribution in [-0.2, 0) is 10.3 Å². The van der Waals surface area contributed by atoms with Crippen molar-refractivity contribution in [1.82, 2.24) is 5.32 Å². The van der Waals surface area contributed by atoms with Crippen molar-refractivity contribution in [2.75, 3.05) is 19.8 Å². The van der Waals surface area contributed by atoms with Gasteiger partial charge in [0.2, 0.25) is 0 Å². The maximum Gasteiger partial charge on any atom is 0.328 e. The normalized spacial score (nSPS) is 16.7. The van der Waals surface area contributed by atoms with Crippen LogP contribution in [0.5, 0.6) is 11.5 Å². The molecule has 0 bridgehead atoms. The van der Waals surface area contributed by atoms with E-state index in [1.165, 1.54) is 0 Å². The first-order valence-corrected chi connectivity index (χ1v) is 6.46. The molecule has 0 radical (unpaired) electrons. The molecule has 0 aromatic heterocycles.